The zero-order valence-corrected chi connectivity index (χ0v) is 33.4. The van der Waals surface area contributed by atoms with E-state index in [1.165, 1.54) is 30.7 Å². The first-order chi connectivity index (χ1) is 27.2. The normalized spacial score (nSPS) is 35.3. The Morgan fingerprint density at radius 1 is 1.12 bits per heavy atom. The highest BCUT2D eigenvalue weighted by Gasteiger charge is 2.74. The number of aromatic nitrogens is 8. The van der Waals surface area contributed by atoms with E-state index in [9.17, 15) is 23.8 Å². The molecule has 4 fully saturated rings. The van der Waals surface area contributed by atoms with Crippen LogP contribution in [-0.2, 0) is 50.7 Å². The van der Waals surface area contributed by atoms with Crippen molar-refractivity contribution in [3.05, 3.63) is 29.3 Å². The minimum Gasteiger partial charge on any atom is -0.432 e. The Bertz CT molecular complexity index is 2330. The van der Waals surface area contributed by atoms with Gasteiger partial charge in [-0.25, -0.2) is 33.9 Å². The number of carbonyl (C=O) groups is 1. The molecule has 1 unspecified atom stereocenters. The number of anilines is 2. The lowest BCUT2D eigenvalue weighted by molar-refractivity contribution is -0.0612. The van der Waals surface area contributed by atoms with Gasteiger partial charge < -0.3 is 40.1 Å². The van der Waals surface area contributed by atoms with Crippen LogP contribution in [0.2, 0.25) is 0 Å². The van der Waals surface area contributed by atoms with E-state index >= 15 is 0 Å². The van der Waals surface area contributed by atoms with Gasteiger partial charge in [-0.2, -0.15) is 4.98 Å². The Labute approximate surface area is 326 Å². The fraction of sp³-hybridized carbons (Fsp3) is 0.633. The number of aliphatic hydroxyl groups is 1. The molecular weight excluding hydrogens is 818 g/mol. The summed E-state index contributed by atoms with van der Waals surface area (Å²) in [5.74, 6) is -1.08. The number of ether oxygens (including phenoxy) is 4. The third-order valence-corrected chi connectivity index (χ3v) is 15.0. The van der Waals surface area contributed by atoms with E-state index < -0.39 is 99.1 Å². The second kappa shape index (κ2) is 15.1. The summed E-state index contributed by atoms with van der Waals surface area (Å²) in [6.07, 6.45) is -4.78. The van der Waals surface area contributed by atoms with Gasteiger partial charge in [0.1, 0.15) is 42.4 Å². The van der Waals surface area contributed by atoms with Gasteiger partial charge in [-0.05, 0) is 33.1 Å². The number of imidazole rings is 2. The van der Waals surface area contributed by atoms with Crippen LogP contribution in [0.1, 0.15) is 39.5 Å². The van der Waals surface area contributed by atoms with Crippen molar-refractivity contribution >= 4 is 66.3 Å². The quantitative estimate of drug-likeness (QED) is 0.107. The molecule has 0 radical (unpaired) electrons. The number of hydrogen-bond acceptors (Lipinski definition) is 22. The molecule has 1 spiro atoms. The number of methoxy groups -OCH3 is 1. The number of nitrogens with two attached hydrogens (primary N) is 2. The molecule has 6 N–H and O–H groups in total. The fourth-order valence-corrected chi connectivity index (χ4v) is 12.0. The van der Waals surface area contributed by atoms with Gasteiger partial charge in [0.05, 0.1) is 44.6 Å². The molecule has 11 atom stereocenters. The van der Waals surface area contributed by atoms with Crippen molar-refractivity contribution in [1.82, 2.24) is 39.0 Å². The minimum atomic E-state index is -4.56. The van der Waals surface area contributed by atoms with Crippen LogP contribution in [0.5, 0.6) is 0 Å². The Balaban J connectivity index is 1.19. The maximum atomic E-state index is 14.9. The van der Waals surface area contributed by atoms with Crippen molar-refractivity contribution in [2.75, 3.05) is 44.3 Å². The fourth-order valence-electron chi connectivity index (χ4n) is 7.72. The number of aromatic amines is 1. The van der Waals surface area contributed by atoms with Crippen LogP contribution in [0.3, 0.4) is 0 Å². The van der Waals surface area contributed by atoms with E-state index in [2.05, 4.69) is 29.9 Å². The molecule has 4 aliphatic rings. The number of rotatable bonds is 9. The van der Waals surface area contributed by atoms with Crippen LogP contribution in [-0.4, -0.2) is 120 Å². The summed E-state index contributed by atoms with van der Waals surface area (Å²) in [6.45, 7) is -0.635. The van der Waals surface area contributed by atoms with Gasteiger partial charge in [-0.15, -0.1) is 0 Å². The second-order valence-electron chi connectivity index (χ2n) is 13.9. The van der Waals surface area contributed by atoms with Crippen molar-refractivity contribution in [2.45, 2.75) is 76.1 Å². The van der Waals surface area contributed by atoms with Crippen molar-refractivity contribution in [2.24, 2.45) is 11.3 Å². The summed E-state index contributed by atoms with van der Waals surface area (Å²) in [5.41, 5.74) is 10.7. The molecule has 2 bridgehead atoms. The number of nitrogens with zero attached hydrogens (tertiary/aromatic N) is 7. The van der Waals surface area contributed by atoms with Gasteiger partial charge in [0.25, 0.3) is 5.56 Å². The zero-order valence-electron chi connectivity index (χ0n) is 30.8. The monoisotopic (exact) mass is 858 g/mol. The average molecular weight is 859 g/mol. The summed E-state index contributed by atoms with van der Waals surface area (Å²) < 4.78 is 85.4. The summed E-state index contributed by atoms with van der Waals surface area (Å²) in [4.78, 5) is 48.4. The van der Waals surface area contributed by atoms with E-state index in [1.807, 2.05) is 0 Å². The molecule has 24 nitrogen and oxygen atoms in total. The first-order valence-corrected chi connectivity index (χ1v) is 22.3. The van der Waals surface area contributed by atoms with E-state index in [1.54, 1.807) is 25.3 Å². The van der Waals surface area contributed by atoms with Gasteiger partial charge in [-0.3, -0.25) is 37.0 Å². The highest BCUT2D eigenvalue weighted by atomic mass is 32.7. The van der Waals surface area contributed by atoms with Gasteiger partial charge in [-0.1, -0.05) is 0 Å². The maximum absolute atomic E-state index is 14.9. The standard InChI is InChI=1S/C30H40N10O14P2S/c1-5-48-55(44)50-8-30-6-14(30)18(39-10-35-16-23(31)33-9-34-24(16)39)19(41)22(30)54-56(45,57-12-47-29(43)51-13(2)3)49-7-15-20(46-4)21(53-55)27(52-15)40-11-36-17-25(40)37-28(32)38-26(17)42/h9-11,13-15,18-22,27,41H,5-8,12H2,1-4H3,(H2,31,33,34)(H3,32,37,38,42)/t14?,15-,18-,19+,20-,21-,22+,27-,30+,55-,56+/m1/s1. The van der Waals surface area contributed by atoms with Crippen LogP contribution in [0.4, 0.5) is 16.6 Å². The third-order valence-electron chi connectivity index (χ3n) is 10.2. The van der Waals surface area contributed by atoms with Crippen LogP contribution < -0.4 is 17.0 Å². The number of carbonyl (C=O) groups excluding carboxylic acids is 1. The van der Waals surface area contributed by atoms with Gasteiger partial charge in [0.2, 0.25) is 5.95 Å². The van der Waals surface area contributed by atoms with Crippen molar-refractivity contribution in [3.8, 4) is 0 Å². The highest BCUT2D eigenvalue weighted by Crippen LogP contribution is 2.74. The molecule has 6 heterocycles. The van der Waals surface area contributed by atoms with E-state index in [0.717, 1.165) is 0 Å². The highest BCUT2D eigenvalue weighted by molar-refractivity contribution is 8.55. The van der Waals surface area contributed by atoms with Gasteiger partial charge in [0, 0.05) is 23.9 Å². The number of phosphoric ester groups is 1. The SMILES string of the molecule is CCO[P@]1(=O)OC[C@@]23CC2[C@@H](n2cnc4c(N)ncnc42)[C@H](O)[C@@H]3O[P@@](=O)(SCOC(=O)OC(C)C)OC[C@H]2O[C@@H](n3cnc4c(=O)[nH]c(N)nc43)[C@H](O1)[C@@H]2OC. The number of H-pyrrole nitrogens is 1. The summed E-state index contributed by atoms with van der Waals surface area (Å²) >= 11 is 0.524. The number of nitrogens with one attached hydrogen (secondary N) is 1. The predicted octanol–water partition coefficient (Wildman–Crippen LogP) is 2.28. The average Bonchev–Trinajstić information content (AvgIpc) is 3.44. The zero-order chi connectivity index (χ0) is 40.4. The largest absolute Gasteiger partial charge is 0.509 e. The lowest BCUT2D eigenvalue weighted by Crippen LogP contribution is -2.38. The Morgan fingerprint density at radius 3 is 2.65 bits per heavy atom. The molecule has 2 aliphatic heterocycles. The van der Waals surface area contributed by atoms with Crippen LogP contribution >= 0.6 is 26.0 Å². The predicted molar refractivity (Wildman–Crippen MR) is 196 cm³/mol. The molecule has 57 heavy (non-hydrogen) atoms. The number of phosphoric acid groups is 1. The molecule has 27 heteroatoms. The number of nitrogen functional groups attached to an aromatic ring is 2. The smallest absolute Gasteiger partial charge is 0.432 e. The minimum absolute atomic E-state index is 0.00197. The number of aliphatic hydroxyl groups excluding tert-OH is 1. The Morgan fingerprint density at radius 2 is 1.89 bits per heavy atom. The van der Waals surface area contributed by atoms with Gasteiger partial charge in [0.15, 0.2) is 34.8 Å². The lowest BCUT2D eigenvalue weighted by atomic mass is 10.0. The molecule has 2 saturated carbocycles. The summed E-state index contributed by atoms with van der Waals surface area (Å²) in [6, 6.07) is -0.784. The van der Waals surface area contributed by atoms with Gasteiger partial charge >= 0.3 is 20.8 Å². The number of hydrogen-bond donors (Lipinski definition) is 4. The van der Waals surface area contributed by atoms with Crippen molar-refractivity contribution < 1.29 is 60.6 Å². The lowest BCUT2D eigenvalue weighted by Gasteiger charge is -2.32. The molecule has 2 aliphatic carbocycles. The maximum Gasteiger partial charge on any atom is 0.509 e. The molecular formula is C30H40N10O14P2S. The summed E-state index contributed by atoms with van der Waals surface area (Å²) in [7, 11) is -3.23. The molecule has 4 aromatic heterocycles. The van der Waals surface area contributed by atoms with Crippen molar-refractivity contribution in [3.63, 3.8) is 0 Å². The van der Waals surface area contributed by atoms with Crippen LogP contribution in [0.15, 0.2) is 23.8 Å². The molecule has 2 saturated heterocycles. The third kappa shape index (κ3) is 7.22. The molecule has 0 aromatic carbocycles. The topological polar surface area (TPSA) is 314 Å². The van der Waals surface area contributed by atoms with E-state index in [0.29, 0.717) is 29.0 Å². The molecule has 0 amide bonds. The first kappa shape index (κ1) is 40.1. The van der Waals surface area contributed by atoms with Crippen LogP contribution in [0, 0.1) is 11.3 Å². The van der Waals surface area contributed by atoms with Crippen LogP contribution in [0.25, 0.3) is 22.3 Å². The molecule has 8 rings (SSSR count). The first-order valence-electron chi connectivity index (χ1n) is 17.7. The Hall–Kier alpha value is -3.74. The second-order valence-corrected chi connectivity index (χ2v) is 19.5. The van der Waals surface area contributed by atoms with Crippen molar-refractivity contribution in [1.29, 1.82) is 0 Å². The molecule has 4 aromatic rings. The Kier molecular flexibility index (Phi) is 10.6. The summed E-state index contributed by atoms with van der Waals surface area (Å²) in [5, 5.41) is 12.1. The molecule has 310 valence electrons. The van der Waals surface area contributed by atoms with E-state index in [-0.39, 0.29) is 36.1 Å². The van der Waals surface area contributed by atoms with E-state index in [4.69, 9.17) is 53.0 Å². The number of fused-ring (bicyclic) bond motifs is 4.